The fourth-order valence-corrected chi connectivity index (χ4v) is 1.14. The molecule has 76 valence electrons. The van der Waals surface area contributed by atoms with Crippen LogP contribution in [-0.4, -0.2) is 17.6 Å². The van der Waals surface area contributed by atoms with Crippen molar-refractivity contribution >= 4 is 11.7 Å². The number of rotatable bonds is 3. The number of aromatic carboxylic acids is 1. The summed E-state index contributed by atoms with van der Waals surface area (Å²) >= 11 is 0. The van der Waals surface area contributed by atoms with Crippen LogP contribution in [0.5, 0.6) is 0 Å². The Balaban J connectivity index is 3.06. The predicted octanol–water partition coefficient (Wildman–Crippen LogP) is -0.0745. The van der Waals surface area contributed by atoms with Gasteiger partial charge in [0, 0.05) is 18.3 Å². The number of hydrogen-bond donors (Lipinski definition) is 4. The van der Waals surface area contributed by atoms with Gasteiger partial charge in [-0.2, -0.15) is 0 Å². The van der Waals surface area contributed by atoms with Gasteiger partial charge < -0.3 is 22.3 Å². The summed E-state index contributed by atoms with van der Waals surface area (Å²) in [6.07, 6.45) is 0. The van der Waals surface area contributed by atoms with Crippen LogP contribution in [0.4, 0.5) is 5.69 Å². The minimum atomic E-state index is -1.05. The van der Waals surface area contributed by atoms with Crippen LogP contribution < -0.4 is 17.2 Å². The molecule has 5 nitrogen and oxygen atoms in total. The highest BCUT2D eigenvalue weighted by Crippen LogP contribution is 2.17. The first-order valence-corrected chi connectivity index (χ1v) is 4.14. The molecule has 0 bridgehead atoms. The SMILES string of the molecule is NCC(N)c1ccc(C(=O)O)c(N)c1. The molecule has 7 N–H and O–H groups in total. The maximum Gasteiger partial charge on any atom is 0.337 e. The molecule has 1 aromatic carbocycles. The molecule has 0 heterocycles. The summed E-state index contributed by atoms with van der Waals surface area (Å²) in [5.41, 5.74) is 17.6. The number of nitrogen functional groups attached to an aromatic ring is 1. The van der Waals surface area contributed by atoms with Gasteiger partial charge in [-0.05, 0) is 17.7 Å². The zero-order valence-corrected chi connectivity index (χ0v) is 7.60. The van der Waals surface area contributed by atoms with Gasteiger partial charge in [0.2, 0.25) is 0 Å². The van der Waals surface area contributed by atoms with Gasteiger partial charge in [-0.15, -0.1) is 0 Å². The summed E-state index contributed by atoms with van der Waals surface area (Å²) in [6.45, 7) is 0.297. The number of nitrogens with two attached hydrogens (primary N) is 3. The average molecular weight is 195 g/mol. The van der Waals surface area contributed by atoms with Gasteiger partial charge >= 0.3 is 5.97 Å². The van der Waals surface area contributed by atoms with Crippen molar-refractivity contribution in [1.29, 1.82) is 0 Å². The Kier molecular flexibility index (Phi) is 3.06. The van der Waals surface area contributed by atoms with Crippen molar-refractivity contribution in [3.05, 3.63) is 29.3 Å². The maximum atomic E-state index is 10.6. The van der Waals surface area contributed by atoms with Crippen LogP contribution >= 0.6 is 0 Å². The van der Waals surface area contributed by atoms with E-state index >= 15 is 0 Å². The highest BCUT2D eigenvalue weighted by molar-refractivity contribution is 5.93. The quantitative estimate of drug-likeness (QED) is 0.504. The van der Waals surface area contributed by atoms with Crippen molar-refractivity contribution in [3.63, 3.8) is 0 Å². The van der Waals surface area contributed by atoms with E-state index in [0.717, 1.165) is 5.56 Å². The smallest absolute Gasteiger partial charge is 0.337 e. The number of carbonyl (C=O) groups is 1. The monoisotopic (exact) mass is 195 g/mol. The standard InChI is InChI=1S/C9H13N3O2/c10-4-8(12)5-1-2-6(9(13)14)7(11)3-5/h1-3,8H,4,10-12H2,(H,13,14). The zero-order chi connectivity index (χ0) is 10.7. The van der Waals surface area contributed by atoms with Gasteiger partial charge in [0.15, 0.2) is 0 Å². The lowest BCUT2D eigenvalue weighted by atomic mass is 10.0. The molecule has 0 saturated carbocycles. The van der Waals surface area contributed by atoms with E-state index in [1.165, 1.54) is 6.07 Å². The molecule has 1 rings (SSSR count). The van der Waals surface area contributed by atoms with Crippen LogP contribution in [0.15, 0.2) is 18.2 Å². The molecule has 14 heavy (non-hydrogen) atoms. The van der Waals surface area contributed by atoms with Gasteiger partial charge in [0.1, 0.15) is 0 Å². The lowest BCUT2D eigenvalue weighted by Gasteiger charge is -2.10. The number of carboxylic acid groups (broad SMARTS) is 1. The van der Waals surface area contributed by atoms with Crippen molar-refractivity contribution in [2.24, 2.45) is 11.5 Å². The summed E-state index contributed by atoms with van der Waals surface area (Å²) in [6, 6.07) is 4.29. The van der Waals surface area contributed by atoms with Gasteiger partial charge in [0.05, 0.1) is 5.56 Å². The van der Waals surface area contributed by atoms with Gasteiger partial charge in [-0.3, -0.25) is 0 Å². The summed E-state index contributed by atoms with van der Waals surface area (Å²) in [7, 11) is 0. The van der Waals surface area contributed by atoms with Crippen LogP contribution in [0.25, 0.3) is 0 Å². The predicted molar refractivity (Wildman–Crippen MR) is 53.8 cm³/mol. The van der Waals surface area contributed by atoms with Gasteiger partial charge in [0.25, 0.3) is 0 Å². The Morgan fingerprint density at radius 3 is 2.57 bits per heavy atom. The second kappa shape index (κ2) is 4.08. The zero-order valence-electron chi connectivity index (χ0n) is 7.60. The molecule has 0 aromatic heterocycles. The third-order valence-corrected chi connectivity index (χ3v) is 1.99. The number of carboxylic acids is 1. The summed E-state index contributed by atoms with van der Waals surface area (Å²) in [4.78, 5) is 10.6. The molecule has 0 amide bonds. The van der Waals surface area contributed by atoms with Crippen molar-refractivity contribution in [3.8, 4) is 0 Å². The van der Waals surface area contributed by atoms with E-state index in [0.29, 0.717) is 6.54 Å². The van der Waals surface area contributed by atoms with Crippen LogP contribution in [0.1, 0.15) is 22.0 Å². The fraction of sp³-hybridized carbons (Fsp3) is 0.222. The van der Waals surface area contributed by atoms with Crippen molar-refractivity contribution < 1.29 is 9.90 Å². The van der Waals surface area contributed by atoms with Crippen LogP contribution in [0.2, 0.25) is 0 Å². The van der Waals surface area contributed by atoms with Crippen LogP contribution in [0, 0.1) is 0 Å². The molecular formula is C9H13N3O2. The summed E-state index contributed by atoms with van der Waals surface area (Å²) in [5, 5.41) is 8.72. The first-order chi connectivity index (χ1) is 6.56. The maximum absolute atomic E-state index is 10.6. The molecule has 1 unspecified atom stereocenters. The molecule has 5 heteroatoms. The van der Waals surface area contributed by atoms with E-state index in [2.05, 4.69) is 0 Å². The Hall–Kier alpha value is -1.59. The van der Waals surface area contributed by atoms with Gasteiger partial charge in [-0.25, -0.2) is 4.79 Å². The highest BCUT2D eigenvalue weighted by Gasteiger charge is 2.10. The third-order valence-electron chi connectivity index (χ3n) is 1.99. The average Bonchev–Trinajstić information content (AvgIpc) is 2.15. The molecule has 1 aromatic rings. The number of anilines is 1. The normalized spacial score (nSPS) is 12.4. The summed E-state index contributed by atoms with van der Waals surface area (Å²) < 4.78 is 0. The van der Waals surface area contributed by atoms with E-state index in [1.807, 2.05) is 0 Å². The second-order valence-electron chi connectivity index (χ2n) is 2.99. The number of benzene rings is 1. The van der Waals surface area contributed by atoms with Crippen LogP contribution in [0.3, 0.4) is 0 Å². The Morgan fingerprint density at radius 1 is 1.50 bits per heavy atom. The molecule has 0 fully saturated rings. The first kappa shape index (κ1) is 10.5. The fourth-order valence-electron chi connectivity index (χ4n) is 1.14. The lowest BCUT2D eigenvalue weighted by Crippen LogP contribution is -2.21. The minimum Gasteiger partial charge on any atom is -0.478 e. The van der Waals surface area contributed by atoms with Crippen LogP contribution in [-0.2, 0) is 0 Å². The highest BCUT2D eigenvalue weighted by atomic mass is 16.4. The van der Waals surface area contributed by atoms with Crippen molar-refractivity contribution in [2.75, 3.05) is 12.3 Å². The first-order valence-electron chi connectivity index (χ1n) is 4.14. The second-order valence-corrected chi connectivity index (χ2v) is 2.99. The molecule has 0 radical (unpaired) electrons. The summed E-state index contributed by atoms with van der Waals surface area (Å²) in [5.74, 6) is -1.05. The lowest BCUT2D eigenvalue weighted by molar-refractivity contribution is 0.0698. The Morgan fingerprint density at radius 2 is 2.14 bits per heavy atom. The Bertz CT molecular complexity index is 352. The number of hydrogen-bond acceptors (Lipinski definition) is 4. The van der Waals surface area contributed by atoms with Crippen molar-refractivity contribution in [2.45, 2.75) is 6.04 Å². The Labute approximate surface area is 81.5 Å². The molecule has 1 atom stereocenters. The van der Waals surface area contributed by atoms with E-state index in [1.54, 1.807) is 12.1 Å². The molecule has 0 aliphatic carbocycles. The third kappa shape index (κ3) is 2.01. The van der Waals surface area contributed by atoms with Gasteiger partial charge in [-0.1, -0.05) is 6.07 Å². The van der Waals surface area contributed by atoms with Crippen molar-refractivity contribution in [1.82, 2.24) is 0 Å². The largest absolute Gasteiger partial charge is 0.478 e. The van der Waals surface area contributed by atoms with E-state index in [9.17, 15) is 4.79 Å². The molecular weight excluding hydrogens is 182 g/mol. The topological polar surface area (TPSA) is 115 Å². The molecule has 0 aliphatic rings. The minimum absolute atomic E-state index is 0.0815. The molecule has 0 aliphatic heterocycles. The molecule has 0 saturated heterocycles. The molecule has 0 spiro atoms. The van der Waals surface area contributed by atoms with E-state index in [-0.39, 0.29) is 17.3 Å². The van der Waals surface area contributed by atoms with E-state index < -0.39 is 5.97 Å². The van der Waals surface area contributed by atoms with E-state index in [4.69, 9.17) is 22.3 Å².